The van der Waals surface area contributed by atoms with Gasteiger partial charge in [-0.25, -0.2) is 9.59 Å². The van der Waals surface area contributed by atoms with Crippen LogP contribution < -0.4 is 11.1 Å². The summed E-state index contributed by atoms with van der Waals surface area (Å²) in [5, 5.41) is 11.5. The molecular formula is C12H19N3O5. The molecule has 8 heteroatoms. The molecule has 0 radical (unpaired) electrons. The number of aliphatic carboxylic acids is 1. The van der Waals surface area contributed by atoms with Gasteiger partial charge in [-0.2, -0.15) is 0 Å². The van der Waals surface area contributed by atoms with Crippen molar-refractivity contribution in [1.82, 2.24) is 10.2 Å². The van der Waals surface area contributed by atoms with E-state index in [0.29, 0.717) is 32.4 Å². The number of amides is 3. The van der Waals surface area contributed by atoms with E-state index >= 15 is 0 Å². The maximum Gasteiger partial charge on any atom is 0.332 e. The molecule has 0 saturated carbocycles. The fourth-order valence-electron chi connectivity index (χ4n) is 2.53. The number of hydrogen-bond acceptors (Lipinski definition) is 4. The summed E-state index contributed by atoms with van der Waals surface area (Å²) in [6.45, 7) is 1.12. The average molecular weight is 285 g/mol. The molecule has 0 aromatic carbocycles. The molecule has 0 aliphatic carbocycles. The van der Waals surface area contributed by atoms with Crippen LogP contribution in [0.5, 0.6) is 0 Å². The Bertz CT molecular complexity index is 414. The Morgan fingerprint density at radius 3 is 2.60 bits per heavy atom. The second-order valence-corrected chi connectivity index (χ2v) is 5.18. The first-order chi connectivity index (χ1) is 9.47. The van der Waals surface area contributed by atoms with Gasteiger partial charge in [-0.3, -0.25) is 4.79 Å². The number of carbonyl (C=O) groups is 3. The Balaban J connectivity index is 1.71. The van der Waals surface area contributed by atoms with Crippen LogP contribution >= 0.6 is 0 Å². The number of hydrogen-bond donors (Lipinski definition) is 3. The summed E-state index contributed by atoms with van der Waals surface area (Å²) in [7, 11) is 0. The average Bonchev–Trinajstić information content (AvgIpc) is 3.05. The van der Waals surface area contributed by atoms with Gasteiger partial charge in [0.05, 0.1) is 12.0 Å². The molecule has 2 aliphatic rings. The topological polar surface area (TPSA) is 122 Å². The van der Waals surface area contributed by atoms with Crippen LogP contribution in [-0.2, 0) is 14.3 Å². The van der Waals surface area contributed by atoms with Gasteiger partial charge in [-0.15, -0.1) is 0 Å². The lowest BCUT2D eigenvalue weighted by molar-refractivity contribution is -0.149. The maximum atomic E-state index is 11.9. The van der Waals surface area contributed by atoms with Crippen LogP contribution in [-0.4, -0.2) is 59.8 Å². The molecule has 3 unspecified atom stereocenters. The van der Waals surface area contributed by atoms with E-state index in [9.17, 15) is 14.4 Å². The third-order valence-electron chi connectivity index (χ3n) is 3.74. The predicted octanol–water partition coefficient (Wildman–Crippen LogP) is -0.865. The number of carboxylic acid groups (broad SMARTS) is 1. The van der Waals surface area contributed by atoms with E-state index in [2.05, 4.69) is 5.32 Å². The Hall–Kier alpha value is -1.83. The van der Waals surface area contributed by atoms with Gasteiger partial charge in [0.15, 0.2) is 6.10 Å². The van der Waals surface area contributed by atoms with E-state index < -0.39 is 12.1 Å². The standard InChI is InChI=1S/C12H19N3O5/c13-10(16)7-3-4-15(6-7)12(19)14-5-8-1-2-9(20-8)11(17)18/h7-9H,1-6H2,(H2,13,16)(H,14,19)(H,17,18). The number of carboxylic acids is 1. The Labute approximate surface area is 116 Å². The molecule has 3 atom stereocenters. The van der Waals surface area contributed by atoms with Crippen molar-refractivity contribution < 1.29 is 24.2 Å². The van der Waals surface area contributed by atoms with Crippen molar-refractivity contribution in [3.63, 3.8) is 0 Å². The van der Waals surface area contributed by atoms with Crippen LogP contribution in [0.3, 0.4) is 0 Å². The van der Waals surface area contributed by atoms with Crippen LogP contribution in [0.2, 0.25) is 0 Å². The molecule has 2 saturated heterocycles. The highest BCUT2D eigenvalue weighted by Gasteiger charge is 2.32. The molecule has 2 rings (SSSR count). The van der Waals surface area contributed by atoms with Crippen molar-refractivity contribution >= 4 is 17.9 Å². The first-order valence-corrected chi connectivity index (χ1v) is 6.67. The highest BCUT2D eigenvalue weighted by atomic mass is 16.5. The molecular weight excluding hydrogens is 266 g/mol. The second kappa shape index (κ2) is 6.08. The number of nitrogens with one attached hydrogen (secondary N) is 1. The first kappa shape index (κ1) is 14.6. The summed E-state index contributed by atoms with van der Waals surface area (Å²) >= 11 is 0. The second-order valence-electron chi connectivity index (χ2n) is 5.18. The third-order valence-corrected chi connectivity index (χ3v) is 3.74. The number of primary amides is 1. The fraction of sp³-hybridized carbons (Fsp3) is 0.750. The van der Waals surface area contributed by atoms with Crippen LogP contribution in [0.4, 0.5) is 4.79 Å². The number of ether oxygens (including phenoxy) is 1. The fourth-order valence-corrected chi connectivity index (χ4v) is 2.53. The Morgan fingerprint density at radius 1 is 1.30 bits per heavy atom. The highest BCUT2D eigenvalue weighted by Crippen LogP contribution is 2.20. The minimum Gasteiger partial charge on any atom is -0.479 e. The van der Waals surface area contributed by atoms with Crippen LogP contribution in [0, 0.1) is 5.92 Å². The molecule has 8 nitrogen and oxygen atoms in total. The molecule has 0 aromatic heterocycles. The van der Waals surface area contributed by atoms with Crippen molar-refractivity contribution in [3.8, 4) is 0 Å². The summed E-state index contributed by atoms with van der Waals surface area (Å²) in [5.74, 6) is -1.63. The number of rotatable bonds is 4. The van der Waals surface area contributed by atoms with Gasteiger partial charge in [0.2, 0.25) is 5.91 Å². The van der Waals surface area contributed by atoms with Crippen LogP contribution in [0.25, 0.3) is 0 Å². The zero-order valence-corrected chi connectivity index (χ0v) is 11.1. The van der Waals surface area contributed by atoms with Crippen molar-refractivity contribution in [2.24, 2.45) is 11.7 Å². The first-order valence-electron chi connectivity index (χ1n) is 6.67. The number of nitrogens with two attached hydrogens (primary N) is 1. The van der Waals surface area contributed by atoms with Gasteiger partial charge in [-0.05, 0) is 19.3 Å². The van der Waals surface area contributed by atoms with E-state index in [1.165, 1.54) is 0 Å². The van der Waals surface area contributed by atoms with Gasteiger partial charge in [0.1, 0.15) is 0 Å². The summed E-state index contributed by atoms with van der Waals surface area (Å²) in [6.07, 6.45) is 0.617. The molecule has 3 amide bonds. The molecule has 20 heavy (non-hydrogen) atoms. The monoisotopic (exact) mass is 285 g/mol. The van der Waals surface area contributed by atoms with E-state index in [0.717, 1.165) is 0 Å². The molecule has 2 heterocycles. The van der Waals surface area contributed by atoms with Gasteiger partial charge < -0.3 is 25.8 Å². The zero-order valence-electron chi connectivity index (χ0n) is 11.1. The van der Waals surface area contributed by atoms with Crippen molar-refractivity contribution in [2.75, 3.05) is 19.6 Å². The van der Waals surface area contributed by atoms with Crippen LogP contribution in [0.15, 0.2) is 0 Å². The molecule has 0 spiro atoms. The van der Waals surface area contributed by atoms with Gasteiger partial charge in [0, 0.05) is 19.6 Å². The Morgan fingerprint density at radius 2 is 2.05 bits per heavy atom. The molecule has 112 valence electrons. The van der Waals surface area contributed by atoms with Crippen molar-refractivity contribution in [2.45, 2.75) is 31.5 Å². The van der Waals surface area contributed by atoms with Crippen molar-refractivity contribution in [3.05, 3.63) is 0 Å². The Kier molecular flexibility index (Phi) is 4.43. The van der Waals surface area contributed by atoms with Gasteiger partial charge in [-0.1, -0.05) is 0 Å². The number of likely N-dealkylation sites (tertiary alicyclic amines) is 1. The minimum absolute atomic E-state index is 0.267. The molecule has 0 bridgehead atoms. The van der Waals surface area contributed by atoms with E-state index in [-0.39, 0.29) is 30.5 Å². The molecule has 0 aromatic rings. The van der Waals surface area contributed by atoms with Gasteiger partial charge >= 0.3 is 12.0 Å². The molecule has 2 fully saturated rings. The SMILES string of the molecule is NC(=O)C1CCN(C(=O)NCC2CCC(C(=O)O)O2)C1. The summed E-state index contributed by atoms with van der Waals surface area (Å²) < 4.78 is 5.29. The maximum absolute atomic E-state index is 11.9. The minimum atomic E-state index is -0.970. The summed E-state index contributed by atoms with van der Waals surface area (Å²) in [5.41, 5.74) is 5.20. The zero-order chi connectivity index (χ0) is 14.7. The lowest BCUT2D eigenvalue weighted by Gasteiger charge is -2.18. The van der Waals surface area contributed by atoms with E-state index in [1.54, 1.807) is 4.90 Å². The largest absolute Gasteiger partial charge is 0.479 e. The lowest BCUT2D eigenvalue weighted by atomic mass is 10.1. The number of nitrogens with zero attached hydrogens (tertiary/aromatic N) is 1. The van der Waals surface area contributed by atoms with Gasteiger partial charge in [0.25, 0.3) is 0 Å². The van der Waals surface area contributed by atoms with Crippen molar-refractivity contribution in [1.29, 1.82) is 0 Å². The molecule has 2 aliphatic heterocycles. The quantitative estimate of drug-likeness (QED) is 0.620. The summed E-state index contributed by atoms with van der Waals surface area (Å²) in [6, 6.07) is -0.267. The molecule has 4 N–H and O–H groups in total. The number of carbonyl (C=O) groups excluding carboxylic acids is 2. The number of urea groups is 1. The highest BCUT2D eigenvalue weighted by molar-refractivity contribution is 5.80. The smallest absolute Gasteiger partial charge is 0.332 e. The van der Waals surface area contributed by atoms with Crippen LogP contribution in [0.1, 0.15) is 19.3 Å². The van der Waals surface area contributed by atoms with E-state index in [4.69, 9.17) is 15.6 Å². The lowest BCUT2D eigenvalue weighted by Crippen LogP contribution is -2.42. The third kappa shape index (κ3) is 3.38. The predicted molar refractivity (Wildman–Crippen MR) is 67.8 cm³/mol. The van der Waals surface area contributed by atoms with E-state index in [1.807, 2.05) is 0 Å². The summed E-state index contributed by atoms with van der Waals surface area (Å²) in [4.78, 5) is 35.2. The normalized spacial score (nSPS) is 29.4.